The van der Waals surface area contributed by atoms with Gasteiger partial charge in [0.05, 0.1) is 6.26 Å². The molecule has 1 aromatic rings. The normalized spacial score (nSPS) is 24.3. The van der Waals surface area contributed by atoms with Crippen molar-refractivity contribution in [1.82, 2.24) is 0 Å². The van der Waals surface area contributed by atoms with Crippen LogP contribution < -0.4 is 0 Å². The van der Waals surface area contributed by atoms with Crippen molar-refractivity contribution in [1.29, 1.82) is 0 Å². The van der Waals surface area contributed by atoms with Crippen LogP contribution >= 0.6 is 0 Å². The zero-order valence-corrected chi connectivity index (χ0v) is 9.61. The standard InChI is InChI=1S/C15H12O3/c16-15(17)13-9-18-14-8-4-3-7-12(14)10-5-1-2-6-11(10)13/h1-9,12,14H,(H,16,17). The first kappa shape index (κ1) is 10.8. The fourth-order valence-corrected chi connectivity index (χ4v) is 2.41. The quantitative estimate of drug-likeness (QED) is 0.821. The number of carbonyl (C=O) groups is 1. The van der Waals surface area contributed by atoms with Crippen molar-refractivity contribution in [2.75, 3.05) is 0 Å². The summed E-state index contributed by atoms with van der Waals surface area (Å²) < 4.78 is 5.58. The van der Waals surface area contributed by atoms with Crippen molar-refractivity contribution in [2.24, 2.45) is 0 Å². The summed E-state index contributed by atoms with van der Waals surface area (Å²) in [5, 5.41) is 9.26. The molecule has 2 atom stereocenters. The molecule has 0 saturated carbocycles. The molecule has 0 radical (unpaired) electrons. The molecule has 3 nitrogen and oxygen atoms in total. The predicted molar refractivity (Wildman–Crippen MR) is 67.9 cm³/mol. The van der Waals surface area contributed by atoms with Crippen LogP contribution in [0.25, 0.3) is 5.57 Å². The van der Waals surface area contributed by atoms with Crippen LogP contribution in [0.2, 0.25) is 0 Å². The Labute approximate surface area is 105 Å². The zero-order chi connectivity index (χ0) is 12.5. The Morgan fingerprint density at radius 2 is 1.94 bits per heavy atom. The number of carboxylic acids is 1. The maximum atomic E-state index is 11.3. The average molecular weight is 240 g/mol. The maximum absolute atomic E-state index is 11.3. The highest BCUT2D eigenvalue weighted by atomic mass is 16.5. The van der Waals surface area contributed by atoms with Gasteiger partial charge in [0, 0.05) is 5.92 Å². The van der Waals surface area contributed by atoms with Crippen LogP contribution in [0.5, 0.6) is 0 Å². The van der Waals surface area contributed by atoms with E-state index in [9.17, 15) is 9.90 Å². The molecule has 0 aromatic heterocycles. The van der Waals surface area contributed by atoms with Crippen molar-refractivity contribution in [2.45, 2.75) is 12.0 Å². The Kier molecular flexibility index (Phi) is 2.52. The van der Waals surface area contributed by atoms with Gasteiger partial charge in [0.1, 0.15) is 11.7 Å². The van der Waals surface area contributed by atoms with E-state index in [0.29, 0.717) is 0 Å². The number of rotatable bonds is 1. The van der Waals surface area contributed by atoms with E-state index >= 15 is 0 Å². The highest BCUT2D eigenvalue weighted by Crippen LogP contribution is 2.36. The first-order valence-corrected chi connectivity index (χ1v) is 5.80. The fraction of sp³-hybridized carbons (Fsp3) is 0.133. The Bertz CT molecular complexity index is 581. The predicted octanol–water partition coefficient (Wildman–Crippen LogP) is 2.72. The summed E-state index contributed by atoms with van der Waals surface area (Å²) in [5.41, 5.74) is 1.94. The third-order valence-corrected chi connectivity index (χ3v) is 3.27. The van der Waals surface area contributed by atoms with Crippen LogP contribution in [-0.4, -0.2) is 17.2 Å². The van der Waals surface area contributed by atoms with Gasteiger partial charge in [0.2, 0.25) is 0 Å². The molecule has 90 valence electrons. The molecule has 1 N–H and O–H groups in total. The maximum Gasteiger partial charge on any atom is 0.339 e. The lowest BCUT2D eigenvalue weighted by molar-refractivity contribution is -0.130. The van der Waals surface area contributed by atoms with Gasteiger partial charge in [0.15, 0.2) is 0 Å². The third-order valence-electron chi connectivity index (χ3n) is 3.27. The van der Waals surface area contributed by atoms with Crippen LogP contribution in [0, 0.1) is 0 Å². The lowest BCUT2D eigenvalue weighted by Crippen LogP contribution is -2.17. The second-order valence-corrected chi connectivity index (χ2v) is 4.32. The number of fused-ring (bicyclic) bond motifs is 3. The van der Waals surface area contributed by atoms with E-state index in [-0.39, 0.29) is 17.6 Å². The van der Waals surface area contributed by atoms with E-state index in [4.69, 9.17) is 4.74 Å². The molecule has 3 rings (SSSR count). The minimum Gasteiger partial charge on any atom is -0.492 e. The summed E-state index contributed by atoms with van der Waals surface area (Å²) in [5.74, 6) is -0.895. The SMILES string of the molecule is O=C(O)C1=COC2C=CC=CC2c2ccccc21. The van der Waals surface area contributed by atoms with Crippen LogP contribution in [0.3, 0.4) is 0 Å². The molecule has 3 heteroatoms. The summed E-state index contributed by atoms with van der Waals surface area (Å²) in [6.07, 6.45) is 9.10. The molecule has 1 aromatic carbocycles. The molecule has 0 bridgehead atoms. The van der Waals surface area contributed by atoms with Gasteiger partial charge in [-0.2, -0.15) is 0 Å². The van der Waals surface area contributed by atoms with Crippen LogP contribution in [0.15, 0.2) is 54.8 Å². The minimum atomic E-state index is -0.964. The number of benzene rings is 1. The number of carboxylic acid groups (broad SMARTS) is 1. The van der Waals surface area contributed by atoms with Gasteiger partial charge in [-0.15, -0.1) is 0 Å². The summed E-state index contributed by atoms with van der Waals surface area (Å²) >= 11 is 0. The highest BCUT2D eigenvalue weighted by molar-refractivity contribution is 6.15. The number of hydrogen-bond donors (Lipinski definition) is 1. The highest BCUT2D eigenvalue weighted by Gasteiger charge is 2.29. The van der Waals surface area contributed by atoms with E-state index in [1.54, 1.807) is 0 Å². The molecule has 1 aliphatic carbocycles. The molecule has 2 unspecified atom stereocenters. The van der Waals surface area contributed by atoms with Gasteiger partial charge < -0.3 is 9.84 Å². The summed E-state index contributed by atoms with van der Waals surface area (Å²) in [4.78, 5) is 11.3. The summed E-state index contributed by atoms with van der Waals surface area (Å²) in [6, 6.07) is 7.56. The summed E-state index contributed by atoms with van der Waals surface area (Å²) in [6.45, 7) is 0. The van der Waals surface area contributed by atoms with Crippen molar-refractivity contribution >= 4 is 11.5 Å². The number of allylic oxidation sites excluding steroid dienone is 2. The number of ether oxygens (including phenoxy) is 1. The monoisotopic (exact) mass is 240 g/mol. The zero-order valence-electron chi connectivity index (χ0n) is 9.61. The lowest BCUT2D eigenvalue weighted by Gasteiger charge is -2.22. The van der Waals surface area contributed by atoms with Crippen molar-refractivity contribution in [3.8, 4) is 0 Å². The molecule has 18 heavy (non-hydrogen) atoms. The molecule has 1 heterocycles. The van der Waals surface area contributed by atoms with E-state index in [1.807, 2.05) is 48.6 Å². The van der Waals surface area contributed by atoms with Gasteiger partial charge in [-0.1, -0.05) is 42.5 Å². The number of aliphatic carboxylic acids is 1. The first-order chi connectivity index (χ1) is 8.77. The average Bonchev–Trinajstić information content (AvgIpc) is 2.56. The molecule has 0 fully saturated rings. The van der Waals surface area contributed by atoms with Crippen LogP contribution in [0.4, 0.5) is 0 Å². The van der Waals surface area contributed by atoms with Gasteiger partial charge in [0.25, 0.3) is 0 Å². The van der Waals surface area contributed by atoms with E-state index in [0.717, 1.165) is 11.1 Å². The van der Waals surface area contributed by atoms with Crippen molar-refractivity contribution in [3.63, 3.8) is 0 Å². The van der Waals surface area contributed by atoms with E-state index in [2.05, 4.69) is 0 Å². The van der Waals surface area contributed by atoms with Gasteiger partial charge >= 0.3 is 5.97 Å². The van der Waals surface area contributed by atoms with Gasteiger partial charge in [-0.05, 0) is 17.2 Å². The minimum absolute atomic E-state index is 0.0688. The fourth-order valence-electron chi connectivity index (χ4n) is 2.41. The second-order valence-electron chi connectivity index (χ2n) is 4.32. The third kappa shape index (κ3) is 1.64. The molecule has 1 aliphatic heterocycles. The van der Waals surface area contributed by atoms with Gasteiger partial charge in [-0.3, -0.25) is 0 Å². The molecule has 0 spiro atoms. The van der Waals surface area contributed by atoms with Crippen molar-refractivity contribution in [3.05, 3.63) is 66.0 Å². The Balaban J connectivity index is 2.19. The second kappa shape index (κ2) is 4.18. The Morgan fingerprint density at radius 1 is 1.17 bits per heavy atom. The molecular weight excluding hydrogens is 228 g/mol. The van der Waals surface area contributed by atoms with E-state index in [1.165, 1.54) is 6.26 Å². The van der Waals surface area contributed by atoms with Crippen LogP contribution in [-0.2, 0) is 9.53 Å². The molecular formula is C15H12O3. The largest absolute Gasteiger partial charge is 0.492 e. The Hall–Kier alpha value is -2.29. The topological polar surface area (TPSA) is 46.5 Å². The Morgan fingerprint density at radius 3 is 2.78 bits per heavy atom. The van der Waals surface area contributed by atoms with E-state index < -0.39 is 5.97 Å². The van der Waals surface area contributed by atoms with Crippen LogP contribution in [0.1, 0.15) is 17.0 Å². The first-order valence-electron chi connectivity index (χ1n) is 5.80. The summed E-state index contributed by atoms with van der Waals surface area (Å²) in [7, 11) is 0. The van der Waals surface area contributed by atoms with Gasteiger partial charge in [-0.25, -0.2) is 4.79 Å². The lowest BCUT2D eigenvalue weighted by atomic mass is 9.86. The molecule has 0 amide bonds. The number of hydrogen-bond acceptors (Lipinski definition) is 2. The molecule has 0 saturated heterocycles. The van der Waals surface area contributed by atoms with Crippen molar-refractivity contribution < 1.29 is 14.6 Å². The smallest absolute Gasteiger partial charge is 0.339 e. The molecule has 2 aliphatic rings.